The maximum absolute atomic E-state index is 12.6. The number of aliphatic imine (C=N–C) groups is 1. The smallest absolute Gasteiger partial charge is 0.252 e. The Morgan fingerprint density at radius 2 is 1.79 bits per heavy atom. The van der Waals surface area contributed by atoms with Crippen LogP contribution in [0.4, 0.5) is 5.69 Å². The van der Waals surface area contributed by atoms with E-state index in [1.54, 1.807) is 0 Å². The molecule has 2 aliphatic rings. The summed E-state index contributed by atoms with van der Waals surface area (Å²) in [4.78, 5) is 18.9. The number of benzene rings is 2. The zero-order valence-electron chi connectivity index (χ0n) is 16.5. The van der Waals surface area contributed by atoms with Crippen molar-refractivity contribution in [2.75, 3.05) is 16.4 Å². The van der Waals surface area contributed by atoms with Crippen LogP contribution in [0.2, 0.25) is 0 Å². The Morgan fingerprint density at radius 1 is 1.10 bits per heavy atom. The van der Waals surface area contributed by atoms with E-state index in [2.05, 4.69) is 31.0 Å². The van der Waals surface area contributed by atoms with Gasteiger partial charge in [-0.15, -0.1) is 0 Å². The largest absolute Gasteiger partial charge is 0.316 e. The minimum Gasteiger partial charge on any atom is -0.316 e. The van der Waals surface area contributed by atoms with Crippen LogP contribution in [0.25, 0.3) is 0 Å². The Morgan fingerprint density at radius 3 is 2.45 bits per heavy atom. The van der Waals surface area contributed by atoms with Crippen molar-refractivity contribution in [3.63, 3.8) is 0 Å². The van der Waals surface area contributed by atoms with Crippen molar-refractivity contribution in [3.8, 4) is 0 Å². The Bertz CT molecular complexity index is 1030. The van der Waals surface area contributed by atoms with Crippen molar-refractivity contribution >= 4 is 38.4 Å². The van der Waals surface area contributed by atoms with E-state index in [-0.39, 0.29) is 35.1 Å². The second kappa shape index (κ2) is 7.95. The normalized spacial score (nSPS) is 24.2. The lowest BCUT2D eigenvalue weighted by molar-refractivity contribution is -0.117. The van der Waals surface area contributed by atoms with Crippen molar-refractivity contribution in [1.82, 2.24) is 0 Å². The number of hydrogen-bond acceptors (Lipinski definition) is 4. The molecule has 2 aromatic rings. The van der Waals surface area contributed by atoms with E-state index >= 15 is 0 Å². The lowest BCUT2D eigenvalue weighted by Gasteiger charge is -2.25. The summed E-state index contributed by atoms with van der Waals surface area (Å²) in [6.07, 6.45) is 0.235. The van der Waals surface area contributed by atoms with E-state index in [1.165, 1.54) is 17.3 Å². The van der Waals surface area contributed by atoms with Gasteiger partial charge >= 0.3 is 0 Å². The van der Waals surface area contributed by atoms with E-state index in [4.69, 9.17) is 0 Å². The lowest BCUT2D eigenvalue weighted by Crippen LogP contribution is -2.37. The summed E-state index contributed by atoms with van der Waals surface area (Å²) in [6.45, 7) is 4.27. The third-order valence-corrected chi connectivity index (χ3v) is 8.53. The number of rotatable bonds is 4. The molecule has 2 fully saturated rings. The molecule has 7 heteroatoms. The van der Waals surface area contributed by atoms with Gasteiger partial charge < -0.3 is 4.90 Å². The predicted octanol–water partition coefficient (Wildman–Crippen LogP) is 3.65. The Labute approximate surface area is 176 Å². The number of carbonyl (C=O) groups excluding carboxylic acids is 1. The molecule has 1 amide bonds. The number of carbonyl (C=O) groups is 1. The van der Waals surface area contributed by atoms with E-state index < -0.39 is 9.84 Å². The standard InChI is InChI=1S/C22H24N2O3S2/c1-15(2)17-8-10-18(11-9-17)24-19-13-29(26,27)14-20(19)28-22(24)23-21(25)12-16-6-4-3-5-7-16/h3-11,15,19-20H,12-14H2,1-2H3/t19-,20+/m0/s1. The number of nitrogens with zero attached hydrogens (tertiary/aromatic N) is 2. The van der Waals surface area contributed by atoms with Gasteiger partial charge in [0.25, 0.3) is 5.91 Å². The molecule has 152 valence electrons. The SMILES string of the molecule is CC(C)c1ccc(N2C(=NC(=O)Cc3ccccc3)S[C@@H]3CS(=O)(=O)C[C@@H]32)cc1. The molecule has 5 nitrogen and oxygen atoms in total. The third-order valence-electron chi connectivity index (χ3n) is 5.32. The first kappa shape index (κ1) is 20.2. The average molecular weight is 429 g/mol. The van der Waals surface area contributed by atoms with Crippen LogP contribution >= 0.6 is 11.8 Å². The van der Waals surface area contributed by atoms with Gasteiger partial charge in [-0.3, -0.25) is 4.79 Å². The summed E-state index contributed by atoms with van der Waals surface area (Å²) < 4.78 is 24.4. The first-order valence-corrected chi connectivity index (χ1v) is 12.4. The number of anilines is 1. The van der Waals surface area contributed by atoms with Crippen LogP contribution in [0.15, 0.2) is 59.6 Å². The molecule has 29 heavy (non-hydrogen) atoms. The monoisotopic (exact) mass is 428 g/mol. The van der Waals surface area contributed by atoms with E-state index in [1.807, 2.05) is 47.4 Å². The van der Waals surface area contributed by atoms with Crippen molar-refractivity contribution in [2.45, 2.75) is 37.5 Å². The van der Waals surface area contributed by atoms with Crippen molar-refractivity contribution in [2.24, 2.45) is 4.99 Å². The fourth-order valence-electron chi connectivity index (χ4n) is 3.80. The van der Waals surface area contributed by atoms with Gasteiger partial charge in [0, 0.05) is 10.9 Å². The number of thioether (sulfide) groups is 1. The van der Waals surface area contributed by atoms with Crippen molar-refractivity contribution in [3.05, 3.63) is 65.7 Å². The summed E-state index contributed by atoms with van der Waals surface area (Å²) >= 11 is 1.41. The molecule has 0 aromatic heterocycles. The zero-order valence-corrected chi connectivity index (χ0v) is 18.1. The molecule has 0 N–H and O–H groups in total. The molecule has 2 saturated heterocycles. The van der Waals surface area contributed by atoms with Crippen molar-refractivity contribution < 1.29 is 13.2 Å². The Balaban J connectivity index is 1.64. The second-order valence-corrected chi connectivity index (χ2v) is 11.2. The van der Waals surface area contributed by atoms with Crippen LogP contribution in [-0.4, -0.2) is 42.3 Å². The fraction of sp³-hybridized carbons (Fsp3) is 0.364. The molecule has 0 spiro atoms. The summed E-state index contributed by atoms with van der Waals surface area (Å²) in [5, 5.41) is 0.515. The molecule has 2 heterocycles. The van der Waals surface area contributed by atoms with Crippen LogP contribution in [0.3, 0.4) is 0 Å². The van der Waals surface area contributed by atoms with Crippen LogP contribution < -0.4 is 4.90 Å². The quantitative estimate of drug-likeness (QED) is 0.744. The molecule has 0 radical (unpaired) electrons. The number of sulfone groups is 1. The van der Waals surface area contributed by atoms with E-state index in [0.717, 1.165) is 11.3 Å². The van der Waals surface area contributed by atoms with E-state index in [9.17, 15) is 13.2 Å². The van der Waals surface area contributed by atoms with Gasteiger partial charge in [0.15, 0.2) is 15.0 Å². The van der Waals surface area contributed by atoms with Crippen molar-refractivity contribution in [1.29, 1.82) is 0 Å². The number of amidine groups is 1. The van der Waals surface area contributed by atoms with Gasteiger partial charge in [0.05, 0.1) is 24.0 Å². The topological polar surface area (TPSA) is 66.8 Å². The number of amides is 1. The molecular weight excluding hydrogens is 404 g/mol. The molecule has 4 rings (SSSR count). The van der Waals surface area contributed by atoms with Crippen LogP contribution in [0.5, 0.6) is 0 Å². The first-order chi connectivity index (χ1) is 13.8. The Kier molecular flexibility index (Phi) is 5.53. The number of hydrogen-bond donors (Lipinski definition) is 0. The minimum atomic E-state index is -3.07. The average Bonchev–Trinajstić information content (AvgIpc) is 3.13. The Hall–Kier alpha value is -2.12. The van der Waals surface area contributed by atoms with Crippen LogP contribution in [-0.2, 0) is 21.1 Å². The summed E-state index contributed by atoms with van der Waals surface area (Å²) in [5.74, 6) is 0.430. The minimum absolute atomic E-state index is 0.0898. The zero-order chi connectivity index (χ0) is 20.6. The molecule has 0 bridgehead atoms. The number of fused-ring (bicyclic) bond motifs is 1. The highest BCUT2D eigenvalue weighted by atomic mass is 32.2. The summed E-state index contributed by atoms with van der Waals surface area (Å²) in [5.41, 5.74) is 3.02. The highest BCUT2D eigenvalue weighted by molar-refractivity contribution is 8.16. The highest BCUT2D eigenvalue weighted by Crippen LogP contribution is 2.41. The highest BCUT2D eigenvalue weighted by Gasteiger charge is 2.49. The molecule has 2 atom stereocenters. The van der Waals surface area contributed by atoms with E-state index in [0.29, 0.717) is 11.1 Å². The molecule has 0 aliphatic carbocycles. The van der Waals surface area contributed by atoms with Gasteiger partial charge in [0.2, 0.25) is 0 Å². The lowest BCUT2D eigenvalue weighted by atomic mass is 10.0. The maximum atomic E-state index is 12.6. The van der Waals surface area contributed by atoms with Gasteiger partial charge in [-0.05, 0) is 29.2 Å². The second-order valence-electron chi connectivity index (χ2n) is 7.87. The molecule has 2 aromatic carbocycles. The molecular formula is C22H24N2O3S2. The molecule has 2 aliphatic heterocycles. The molecule has 0 saturated carbocycles. The maximum Gasteiger partial charge on any atom is 0.252 e. The fourth-order valence-corrected chi connectivity index (χ4v) is 7.73. The summed E-state index contributed by atoms with van der Waals surface area (Å²) in [6, 6.07) is 17.5. The van der Waals surface area contributed by atoms with Gasteiger partial charge in [-0.25, -0.2) is 8.42 Å². The van der Waals surface area contributed by atoms with Crippen LogP contribution in [0.1, 0.15) is 30.9 Å². The summed E-state index contributed by atoms with van der Waals surface area (Å²) in [7, 11) is -3.07. The van der Waals surface area contributed by atoms with Gasteiger partial charge in [0.1, 0.15) is 0 Å². The molecule has 0 unspecified atom stereocenters. The third kappa shape index (κ3) is 4.41. The predicted molar refractivity (Wildman–Crippen MR) is 119 cm³/mol. The van der Waals surface area contributed by atoms with Crippen LogP contribution in [0, 0.1) is 0 Å². The first-order valence-electron chi connectivity index (χ1n) is 9.74. The van der Waals surface area contributed by atoms with Gasteiger partial charge in [-0.2, -0.15) is 4.99 Å². The van der Waals surface area contributed by atoms with Gasteiger partial charge in [-0.1, -0.05) is 68.1 Å².